The smallest absolute Gasteiger partial charge is 0.343 e. The van der Waals surface area contributed by atoms with Crippen molar-refractivity contribution in [3.8, 4) is 11.5 Å². The summed E-state index contributed by atoms with van der Waals surface area (Å²) in [5.74, 6) is -0.128. The third-order valence-electron chi connectivity index (χ3n) is 3.67. The lowest BCUT2D eigenvalue weighted by Gasteiger charge is -2.08. The normalized spacial score (nSPS) is 11.1. The quantitative estimate of drug-likeness (QED) is 0.229. The van der Waals surface area contributed by atoms with E-state index in [4.69, 9.17) is 20.1 Å². The maximum atomic E-state index is 12.3. The molecular formula is C19H16N2O5S. The Bertz CT molecular complexity index is 1140. The summed E-state index contributed by atoms with van der Waals surface area (Å²) in [6.07, 6.45) is 0.939. The first-order valence-electron chi connectivity index (χ1n) is 7.81. The highest BCUT2D eigenvalue weighted by Crippen LogP contribution is 2.23. The largest absolute Gasteiger partial charge is 0.423 e. The van der Waals surface area contributed by atoms with Crippen LogP contribution in [0.3, 0.4) is 0 Å². The molecule has 8 heteroatoms. The number of nitrogens with one attached hydrogen (secondary N) is 1. The van der Waals surface area contributed by atoms with E-state index in [0.29, 0.717) is 11.3 Å². The Morgan fingerprint density at radius 3 is 2.07 bits per heavy atom. The van der Waals surface area contributed by atoms with Gasteiger partial charge in [-0.05, 0) is 53.2 Å². The van der Waals surface area contributed by atoms with Gasteiger partial charge in [0.2, 0.25) is 0 Å². The molecule has 0 aliphatic heterocycles. The standard InChI is InChI=1S/C19H16N2O5S/c1-27(23,24)26-16-7-4-12(5-8-16)19(22)25-17-9-6-13-10-15(18(20)21)3-2-14(13)11-17/h2-11H,1H3,(H3,20,21). The van der Waals surface area contributed by atoms with Crippen LogP contribution in [0.25, 0.3) is 10.8 Å². The summed E-state index contributed by atoms with van der Waals surface area (Å²) in [6.45, 7) is 0. The number of hydrogen-bond acceptors (Lipinski definition) is 6. The van der Waals surface area contributed by atoms with Gasteiger partial charge in [-0.25, -0.2) is 4.79 Å². The number of carbonyl (C=O) groups excluding carboxylic acids is 1. The van der Waals surface area contributed by atoms with Gasteiger partial charge < -0.3 is 14.7 Å². The molecule has 0 aromatic heterocycles. The average Bonchev–Trinajstić information content (AvgIpc) is 2.60. The summed E-state index contributed by atoms with van der Waals surface area (Å²) in [5.41, 5.74) is 6.35. The first-order chi connectivity index (χ1) is 12.7. The summed E-state index contributed by atoms with van der Waals surface area (Å²) in [7, 11) is -3.63. The van der Waals surface area contributed by atoms with Crippen LogP contribution in [0.15, 0.2) is 60.7 Å². The molecule has 3 aromatic carbocycles. The van der Waals surface area contributed by atoms with Crippen molar-refractivity contribution in [2.24, 2.45) is 5.73 Å². The van der Waals surface area contributed by atoms with Gasteiger partial charge >= 0.3 is 16.1 Å². The zero-order valence-corrected chi connectivity index (χ0v) is 15.1. The van der Waals surface area contributed by atoms with Gasteiger partial charge in [0.15, 0.2) is 0 Å². The van der Waals surface area contributed by atoms with Crippen LogP contribution >= 0.6 is 0 Å². The predicted octanol–water partition coefficient (Wildman–Crippen LogP) is 2.68. The summed E-state index contributed by atoms with van der Waals surface area (Å²) in [4.78, 5) is 12.3. The minimum absolute atomic E-state index is 0.0179. The van der Waals surface area contributed by atoms with Crippen LogP contribution in [-0.4, -0.2) is 26.5 Å². The topological polar surface area (TPSA) is 120 Å². The van der Waals surface area contributed by atoms with E-state index in [0.717, 1.165) is 17.0 Å². The highest BCUT2D eigenvalue weighted by Gasteiger charge is 2.11. The van der Waals surface area contributed by atoms with Crippen LogP contribution in [0.5, 0.6) is 11.5 Å². The van der Waals surface area contributed by atoms with Gasteiger partial charge in [0.05, 0.1) is 11.8 Å². The van der Waals surface area contributed by atoms with Crippen LogP contribution in [-0.2, 0) is 10.1 Å². The fourth-order valence-electron chi connectivity index (χ4n) is 2.44. The number of esters is 1. The zero-order chi connectivity index (χ0) is 19.6. The second-order valence-electron chi connectivity index (χ2n) is 5.84. The van der Waals surface area contributed by atoms with Crippen molar-refractivity contribution >= 4 is 32.7 Å². The Balaban J connectivity index is 1.77. The molecule has 0 unspecified atom stereocenters. The molecule has 0 amide bonds. The third-order valence-corrected chi connectivity index (χ3v) is 4.17. The molecular weight excluding hydrogens is 368 g/mol. The molecule has 0 atom stereocenters. The molecule has 27 heavy (non-hydrogen) atoms. The molecule has 0 spiro atoms. The van der Waals surface area contributed by atoms with E-state index >= 15 is 0 Å². The Hall–Kier alpha value is -3.39. The Kier molecular flexibility index (Phi) is 4.83. The molecule has 0 saturated carbocycles. The van der Waals surface area contributed by atoms with Crippen LogP contribution in [0.2, 0.25) is 0 Å². The van der Waals surface area contributed by atoms with E-state index < -0.39 is 16.1 Å². The number of nitrogen functional groups attached to an aromatic ring is 1. The number of hydrogen-bond donors (Lipinski definition) is 2. The molecule has 7 nitrogen and oxygen atoms in total. The Labute approximate surface area is 156 Å². The monoisotopic (exact) mass is 384 g/mol. The van der Waals surface area contributed by atoms with Gasteiger partial charge in [0, 0.05) is 5.56 Å². The lowest BCUT2D eigenvalue weighted by Crippen LogP contribution is -2.10. The molecule has 0 fully saturated rings. The second kappa shape index (κ2) is 7.08. The summed E-state index contributed by atoms with van der Waals surface area (Å²) >= 11 is 0. The highest BCUT2D eigenvalue weighted by molar-refractivity contribution is 7.86. The van der Waals surface area contributed by atoms with Crippen LogP contribution in [0.1, 0.15) is 15.9 Å². The molecule has 3 rings (SSSR count). The minimum Gasteiger partial charge on any atom is -0.423 e. The van der Waals surface area contributed by atoms with E-state index in [2.05, 4.69) is 0 Å². The van der Waals surface area contributed by atoms with Crippen molar-refractivity contribution in [3.63, 3.8) is 0 Å². The maximum Gasteiger partial charge on any atom is 0.343 e. The summed E-state index contributed by atoms with van der Waals surface area (Å²) < 4.78 is 32.3. The number of ether oxygens (including phenoxy) is 1. The van der Waals surface area contributed by atoms with E-state index in [1.165, 1.54) is 24.3 Å². The Morgan fingerprint density at radius 1 is 0.889 bits per heavy atom. The van der Waals surface area contributed by atoms with Crippen molar-refractivity contribution in [1.29, 1.82) is 5.41 Å². The molecule has 0 saturated heterocycles. The summed E-state index contributed by atoms with van der Waals surface area (Å²) in [6, 6.07) is 16.0. The zero-order valence-electron chi connectivity index (χ0n) is 14.3. The van der Waals surface area contributed by atoms with Gasteiger partial charge in [-0.3, -0.25) is 5.41 Å². The summed E-state index contributed by atoms with van der Waals surface area (Å²) in [5, 5.41) is 9.17. The van der Waals surface area contributed by atoms with Crippen LogP contribution in [0, 0.1) is 5.41 Å². The molecule has 138 valence electrons. The molecule has 3 aromatic rings. The van der Waals surface area contributed by atoms with Gasteiger partial charge in [0.25, 0.3) is 0 Å². The number of amidine groups is 1. The van der Waals surface area contributed by atoms with Gasteiger partial charge in [-0.15, -0.1) is 0 Å². The predicted molar refractivity (Wildman–Crippen MR) is 102 cm³/mol. The van der Waals surface area contributed by atoms with Gasteiger partial charge in [0.1, 0.15) is 17.3 Å². The van der Waals surface area contributed by atoms with Gasteiger partial charge in [-0.1, -0.05) is 18.2 Å². The van der Waals surface area contributed by atoms with Crippen molar-refractivity contribution in [3.05, 3.63) is 71.8 Å². The number of nitrogens with two attached hydrogens (primary N) is 1. The van der Waals surface area contributed by atoms with E-state index in [1.807, 2.05) is 0 Å². The van der Waals surface area contributed by atoms with Gasteiger partial charge in [-0.2, -0.15) is 8.42 Å². The SMILES string of the molecule is CS(=O)(=O)Oc1ccc(C(=O)Oc2ccc3cc(C(=N)N)ccc3c2)cc1. The molecule has 3 N–H and O–H groups in total. The molecule has 0 aliphatic rings. The number of benzene rings is 3. The number of carbonyl (C=O) groups is 1. The van der Waals surface area contributed by atoms with E-state index in [1.54, 1.807) is 36.4 Å². The molecule has 0 bridgehead atoms. The van der Waals surface area contributed by atoms with E-state index in [-0.39, 0.29) is 17.1 Å². The molecule has 0 aliphatic carbocycles. The third kappa shape index (κ3) is 4.62. The van der Waals surface area contributed by atoms with Crippen molar-refractivity contribution in [2.45, 2.75) is 0 Å². The molecule has 0 heterocycles. The van der Waals surface area contributed by atoms with Crippen LogP contribution < -0.4 is 14.7 Å². The lowest BCUT2D eigenvalue weighted by molar-refractivity contribution is 0.0735. The second-order valence-corrected chi connectivity index (χ2v) is 7.41. The first-order valence-corrected chi connectivity index (χ1v) is 9.63. The molecule has 0 radical (unpaired) electrons. The maximum absolute atomic E-state index is 12.3. The van der Waals surface area contributed by atoms with Crippen molar-refractivity contribution in [2.75, 3.05) is 6.26 Å². The number of fused-ring (bicyclic) bond motifs is 1. The minimum atomic E-state index is -3.63. The number of rotatable bonds is 5. The highest BCUT2D eigenvalue weighted by atomic mass is 32.2. The van der Waals surface area contributed by atoms with Crippen molar-refractivity contribution < 1.29 is 22.1 Å². The Morgan fingerprint density at radius 2 is 1.44 bits per heavy atom. The fourth-order valence-corrected chi connectivity index (χ4v) is 2.90. The van der Waals surface area contributed by atoms with Crippen LogP contribution in [0.4, 0.5) is 0 Å². The first kappa shape index (κ1) is 18.4. The fraction of sp³-hybridized carbons (Fsp3) is 0.0526. The van der Waals surface area contributed by atoms with E-state index in [9.17, 15) is 13.2 Å². The lowest BCUT2D eigenvalue weighted by atomic mass is 10.1. The van der Waals surface area contributed by atoms with Crippen molar-refractivity contribution in [1.82, 2.24) is 0 Å². The average molecular weight is 384 g/mol.